The zero-order chi connectivity index (χ0) is 15.1. The van der Waals surface area contributed by atoms with Crippen molar-refractivity contribution in [1.82, 2.24) is 5.32 Å². The summed E-state index contributed by atoms with van der Waals surface area (Å²) in [4.78, 5) is 23.9. The van der Waals surface area contributed by atoms with Crippen LogP contribution in [-0.4, -0.2) is 17.7 Å². The SMILES string of the molecule is C[C@@H](CC(=O)c1ccccc1)NC(=O)CCc1ccsc1. The largest absolute Gasteiger partial charge is 0.353 e. The van der Waals surface area contributed by atoms with E-state index >= 15 is 0 Å². The Labute approximate surface area is 129 Å². The van der Waals surface area contributed by atoms with Crippen LogP contribution in [0.25, 0.3) is 0 Å². The number of hydrogen-bond acceptors (Lipinski definition) is 3. The number of nitrogens with one attached hydrogen (secondary N) is 1. The Bertz CT molecular complexity index is 578. The van der Waals surface area contributed by atoms with Crippen LogP contribution in [0, 0.1) is 0 Å². The van der Waals surface area contributed by atoms with E-state index < -0.39 is 0 Å². The lowest BCUT2D eigenvalue weighted by Gasteiger charge is -2.13. The number of benzene rings is 1. The Kier molecular flexibility index (Phi) is 5.69. The molecule has 0 unspecified atom stereocenters. The van der Waals surface area contributed by atoms with E-state index in [4.69, 9.17) is 0 Å². The highest BCUT2D eigenvalue weighted by Crippen LogP contribution is 2.09. The number of ketones is 1. The van der Waals surface area contributed by atoms with Crippen LogP contribution in [0.15, 0.2) is 47.2 Å². The second-order valence-electron chi connectivity index (χ2n) is 5.09. The van der Waals surface area contributed by atoms with Crippen LogP contribution >= 0.6 is 11.3 Å². The minimum absolute atomic E-state index is 0.00504. The Hall–Kier alpha value is -1.94. The summed E-state index contributed by atoms with van der Waals surface area (Å²) in [6.07, 6.45) is 1.53. The van der Waals surface area contributed by atoms with Gasteiger partial charge in [0, 0.05) is 24.4 Å². The van der Waals surface area contributed by atoms with E-state index in [1.807, 2.05) is 36.6 Å². The molecular weight excluding hydrogens is 282 g/mol. The molecule has 0 bridgehead atoms. The van der Waals surface area contributed by atoms with Crippen LogP contribution in [0.3, 0.4) is 0 Å². The predicted molar refractivity (Wildman–Crippen MR) is 85.6 cm³/mol. The summed E-state index contributed by atoms with van der Waals surface area (Å²) in [7, 11) is 0. The first-order valence-electron chi connectivity index (χ1n) is 7.04. The summed E-state index contributed by atoms with van der Waals surface area (Å²) in [5.74, 6) is 0.0517. The molecule has 0 fully saturated rings. The third-order valence-electron chi connectivity index (χ3n) is 3.22. The van der Waals surface area contributed by atoms with Gasteiger partial charge in [0.1, 0.15) is 0 Å². The van der Waals surface area contributed by atoms with Gasteiger partial charge >= 0.3 is 0 Å². The molecule has 0 saturated heterocycles. The molecular formula is C17H19NO2S. The zero-order valence-corrected chi connectivity index (χ0v) is 12.9. The molecule has 1 heterocycles. The van der Waals surface area contributed by atoms with E-state index in [-0.39, 0.29) is 17.7 Å². The average molecular weight is 301 g/mol. The summed E-state index contributed by atoms with van der Waals surface area (Å²) in [6, 6.07) is 11.1. The molecule has 0 aliphatic carbocycles. The number of amides is 1. The zero-order valence-electron chi connectivity index (χ0n) is 12.0. The van der Waals surface area contributed by atoms with Crippen molar-refractivity contribution in [2.24, 2.45) is 0 Å². The summed E-state index contributed by atoms with van der Waals surface area (Å²) in [5.41, 5.74) is 1.88. The number of aryl methyl sites for hydroxylation is 1. The first kappa shape index (κ1) is 15.4. The molecule has 0 aliphatic heterocycles. The number of carbonyl (C=O) groups excluding carboxylic acids is 2. The quantitative estimate of drug-likeness (QED) is 0.796. The van der Waals surface area contributed by atoms with Gasteiger partial charge in [0.05, 0.1) is 0 Å². The number of Topliss-reactive ketones (excluding diaryl/α,β-unsaturated/α-hetero) is 1. The van der Waals surface area contributed by atoms with E-state index in [0.717, 1.165) is 6.42 Å². The molecule has 1 N–H and O–H groups in total. The standard InChI is InChI=1S/C17H19NO2S/c1-13(11-16(19)15-5-3-2-4-6-15)18-17(20)8-7-14-9-10-21-12-14/h2-6,9-10,12-13H,7-8,11H2,1H3,(H,18,20)/t13-/m0/s1. The van der Waals surface area contributed by atoms with Crippen molar-refractivity contribution in [2.45, 2.75) is 32.2 Å². The van der Waals surface area contributed by atoms with E-state index in [1.165, 1.54) is 5.56 Å². The lowest BCUT2D eigenvalue weighted by atomic mass is 10.0. The summed E-state index contributed by atoms with van der Waals surface area (Å²) in [5, 5.41) is 6.95. The molecule has 3 nitrogen and oxygen atoms in total. The molecule has 0 aliphatic rings. The molecule has 4 heteroatoms. The first-order valence-corrected chi connectivity index (χ1v) is 7.98. The highest BCUT2D eigenvalue weighted by atomic mass is 32.1. The van der Waals surface area contributed by atoms with Crippen LogP contribution in [0.2, 0.25) is 0 Å². The average Bonchev–Trinajstić information content (AvgIpc) is 2.99. The summed E-state index contributed by atoms with van der Waals surface area (Å²) < 4.78 is 0. The molecule has 0 radical (unpaired) electrons. The van der Waals surface area contributed by atoms with Gasteiger partial charge in [-0.1, -0.05) is 30.3 Å². The van der Waals surface area contributed by atoms with Crippen molar-refractivity contribution in [1.29, 1.82) is 0 Å². The van der Waals surface area contributed by atoms with Gasteiger partial charge in [0.25, 0.3) is 0 Å². The van der Waals surface area contributed by atoms with Crippen molar-refractivity contribution in [3.8, 4) is 0 Å². The second-order valence-corrected chi connectivity index (χ2v) is 5.87. The van der Waals surface area contributed by atoms with E-state index in [0.29, 0.717) is 18.4 Å². The highest BCUT2D eigenvalue weighted by molar-refractivity contribution is 7.07. The Morgan fingerprint density at radius 1 is 1.19 bits per heavy atom. The summed E-state index contributed by atoms with van der Waals surface area (Å²) >= 11 is 1.63. The minimum atomic E-state index is -0.146. The molecule has 0 saturated carbocycles. The van der Waals surface area contributed by atoms with Gasteiger partial charge in [-0.2, -0.15) is 11.3 Å². The monoisotopic (exact) mass is 301 g/mol. The van der Waals surface area contributed by atoms with Gasteiger partial charge in [0.15, 0.2) is 5.78 Å². The Morgan fingerprint density at radius 2 is 1.95 bits per heavy atom. The molecule has 1 atom stereocenters. The van der Waals surface area contributed by atoms with Gasteiger partial charge in [-0.3, -0.25) is 9.59 Å². The van der Waals surface area contributed by atoms with Crippen molar-refractivity contribution < 1.29 is 9.59 Å². The maximum atomic E-state index is 12.0. The number of carbonyl (C=O) groups is 2. The van der Waals surface area contributed by atoms with Crippen molar-refractivity contribution in [3.05, 3.63) is 58.3 Å². The fourth-order valence-corrected chi connectivity index (χ4v) is 2.81. The first-order chi connectivity index (χ1) is 10.1. The van der Waals surface area contributed by atoms with E-state index in [2.05, 4.69) is 10.7 Å². The fraction of sp³-hybridized carbons (Fsp3) is 0.294. The van der Waals surface area contributed by atoms with E-state index in [9.17, 15) is 9.59 Å². The van der Waals surface area contributed by atoms with Crippen molar-refractivity contribution in [2.75, 3.05) is 0 Å². The third kappa shape index (κ3) is 5.16. The Morgan fingerprint density at radius 3 is 2.62 bits per heavy atom. The number of rotatable bonds is 7. The predicted octanol–water partition coefficient (Wildman–Crippen LogP) is 3.46. The molecule has 21 heavy (non-hydrogen) atoms. The van der Waals surface area contributed by atoms with E-state index in [1.54, 1.807) is 23.5 Å². The van der Waals surface area contributed by atoms with Crippen LogP contribution in [0.1, 0.15) is 35.7 Å². The lowest BCUT2D eigenvalue weighted by molar-refractivity contribution is -0.121. The third-order valence-corrected chi connectivity index (χ3v) is 3.95. The van der Waals surface area contributed by atoms with Crippen molar-refractivity contribution in [3.63, 3.8) is 0 Å². The molecule has 2 rings (SSSR count). The molecule has 1 aromatic carbocycles. The van der Waals surface area contributed by atoms with Gasteiger partial charge in [0.2, 0.25) is 5.91 Å². The maximum absolute atomic E-state index is 12.0. The number of thiophene rings is 1. The van der Waals surface area contributed by atoms with Crippen LogP contribution < -0.4 is 5.32 Å². The molecule has 110 valence electrons. The van der Waals surface area contributed by atoms with Crippen LogP contribution in [-0.2, 0) is 11.2 Å². The van der Waals surface area contributed by atoms with Crippen LogP contribution in [0.4, 0.5) is 0 Å². The molecule has 2 aromatic rings. The van der Waals surface area contributed by atoms with Gasteiger partial charge in [-0.25, -0.2) is 0 Å². The molecule has 0 spiro atoms. The molecule has 1 aromatic heterocycles. The second kappa shape index (κ2) is 7.74. The lowest BCUT2D eigenvalue weighted by Crippen LogP contribution is -2.34. The van der Waals surface area contributed by atoms with Gasteiger partial charge < -0.3 is 5.32 Å². The topological polar surface area (TPSA) is 46.2 Å². The van der Waals surface area contributed by atoms with Gasteiger partial charge in [-0.15, -0.1) is 0 Å². The maximum Gasteiger partial charge on any atom is 0.220 e. The summed E-state index contributed by atoms with van der Waals surface area (Å²) in [6.45, 7) is 1.86. The highest BCUT2D eigenvalue weighted by Gasteiger charge is 2.13. The van der Waals surface area contributed by atoms with Gasteiger partial charge in [-0.05, 0) is 35.7 Å². The smallest absolute Gasteiger partial charge is 0.220 e. The van der Waals surface area contributed by atoms with Crippen LogP contribution in [0.5, 0.6) is 0 Å². The Balaban J connectivity index is 1.74. The normalized spacial score (nSPS) is 11.9. The van der Waals surface area contributed by atoms with Crippen molar-refractivity contribution >= 4 is 23.0 Å². The number of hydrogen-bond donors (Lipinski definition) is 1. The fourth-order valence-electron chi connectivity index (χ4n) is 2.11. The minimum Gasteiger partial charge on any atom is -0.353 e. The molecule has 1 amide bonds.